The Hall–Kier alpha value is -2.70. The molecule has 2 amide bonds. The predicted molar refractivity (Wildman–Crippen MR) is 99.7 cm³/mol. The SMILES string of the molecule is Cc1[nH]ncc1C(=O)N1CCC[C@@H](N(C)C(=O)Cc2ccccc2F)CC1. The summed E-state index contributed by atoms with van der Waals surface area (Å²) >= 11 is 0. The molecular formula is C20H25FN4O2. The zero-order valence-corrected chi connectivity index (χ0v) is 15.7. The molecular weight excluding hydrogens is 347 g/mol. The highest BCUT2D eigenvalue weighted by atomic mass is 19.1. The first-order chi connectivity index (χ1) is 13.0. The number of rotatable bonds is 4. The molecule has 1 aliphatic heterocycles. The van der Waals surface area contributed by atoms with E-state index in [0.717, 1.165) is 18.5 Å². The van der Waals surface area contributed by atoms with Crippen molar-refractivity contribution in [3.63, 3.8) is 0 Å². The Morgan fingerprint density at radius 2 is 2.07 bits per heavy atom. The molecule has 0 aliphatic carbocycles. The summed E-state index contributed by atoms with van der Waals surface area (Å²) in [5.74, 6) is -0.481. The molecule has 1 aliphatic rings. The molecule has 1 aromatic heterocycles. The number of carbonyl (C=O) groups is 2. The van der Waals surface area contributed by atoms with Gasteiger partial charge in [-0.05, 0) is 37.8 Å². The Morgan fingerprint density at radius 3 is 2.78 bits per heavy atom. The Kier molecular flexibility index (Phi) is 5.88. The van der Waals surface area contributed by atoms with Crippen molar-refractivity contribution in [2.45, 2.75) is 38.6 Å². The van der Waals surface area contributed by atoms with Crippen LogP contribution in [0.3, 0.4) is 0 Å². The van der Waals surface area contributed by atoms with Crippen LogP contribution in [0.25, 0.3) is 0 Å². The van der Waals surface area contributed by atoms with Gasteiger partial charge >= 0.3 is 0 Å². The number of hydrogen-bond acceptors (Lipinski definition) is 3. The number of likely N-dealkylation sites (tertiary alicyclic amines) is 1. The minimum Gasteiger partial charge on any atom is -0.342 e. The van der Waals surface area contributed by atoms with Crippen LogP contribution in [-0.4, -0.2) is 58.0 Å². The first-order valence-corrected chi connectivity index (χ1v) is 9.25. The summed E-state index contributed by atoms with van der Waals surface area (Å²) in [6, 6.07) is 6.41. The minimum atomic E-state index is -0.354. The lowest BCUT2D eigenvalue weighted by atomic mass is 10.1. The maximum Gasteiger partial charge on any atom is 0.257 e. The van der Waals surface area contributed by atoms with Crippen molar-refractivity contribution < 1.29 is 14.0 Å². The molecule has 7 heteroatoms. The van der Waals surface area contributed by atoms with Crippen molar-refractivity contribution in [3.05, 3.63) is 53.1 Å². The summed E-state index contributed by atoms with van der Waals surface area (Å²) in [4.78, 5) is 28.8. The Morgan fingerprint density at radius 1 is 1.30 bits per heavy atom. The lowest BCUT2D eigenvalue weighted by Crippen LogP contribution is -2.39. The molecule has 2 aromatic rings. The van der Waals surface area contributed by atoms with Gasteiger partial charge in [0.25, 0.3) is 5.91 Å². The van der Waals surface area contributed by atoms with E-state index in [1.165, 1.54) is 6.07 Å². The molecule has 1 aromatic carbocycles. The standard InChI is InChI=1S/C20H25FN4O2/c1-14-17(13-22-23-14)20(27)25-10-5-7-16(9-11-25)24(2)19(26)12-15-6-3-4-8-18(15)21/h3-4,6,8,13,16H,5,7,9-12H2,1-2H3,(H,22,23)/t16-/m1/s1. The third-order valence-corrected chi connectivity index (χ3v) is 5.29. The van der Waals surface area contributed by atoms with Gasteiger partial charge < -0.3 is 9.80 Å². The van der Waals surface area contributed by atoms with Crippen molar-refractivity contribution in [2.24, 2.45) is 0 Å². The predicted octanol–water partition coefficient (Wildman–Crippen LogP) is 2.55. The average molecular weight is 372 g/mol. The van der Waals surface area contributed by atoms with Gasteiger partial charge in [0.1, 0.15) is 5.82 Å². The number of carbonyl (C=O) groups excluding carboxylic acids is 2. The third kappa shape index (κ3) is 4.35. The zero-order chi connectivity index (χ0) is 19.4. The Bertz CT molecular complexity index is 820. The number of H-pyrrole nitrogens is 1. The number of nitrogens with zero attached hydrogens (tertiary/aromatic N) is 3. The maximum absolute atomic E-state index is 13.8. The van der Waals surface area contributed by atoms with Gasteiger partial charge in [-0.25, -0.2) is 4.39 Å². The molecule has 1 saturated heterocycles. The van der Waals surface area contributed by atoms with E-state index in [-0.39, 0.29) is 30.1 Å². The molecule has 1 N–H and O–H groups in total. The smallest absolute Gasteiger partial charge is 0.257 e. The normalized spacial score (nSPS) is 17.4. The monoisotopic (exact) mass is 372 g/mol. The molecule has 2 heterocycles. The summed E-state index contributed by atoms with van der Waals surface area (Å²) in [6.07, 6.45) is 3.97. The molecule has 0 bridgehead atoms. The summed E-state index contributed by atoms with van der Waals surface area (Å²) < 4.78 is 13.8. The molecule has 0 saturated carbocycles. The van der Waals surface area contributed by atoms with Gasteiger partial charge in [-0.15, -0.1) is 0 Å². The minimum absolute atomic E-state index is 0.0257. The van der Waals surface area contributed by atoms with Crippen molar-refractivity contribution in [2.75, 3.05) is 20.1 Å². The molecule has 144 valence electrons. The summed E-state index contributed by atoms with van der Waals surface area (Å²) in [5.41, 5.74) is 1.77. The third-order valence-electron chi connectivity index (χ3n) is 5.29. The van der Waals surface area contributed by atoms with E-state index in [2.05, 4.69) is 10.2 Å². The number of aryl methyl sites for hydroxylation is 1. The van der Waals surface area contributed by atoms with Crippen molar-refractivity contribution >= 4 is 11.8 Å². The van der Waals surface area contributed by atoms with Gasteiger partial charge in [-0.1, -0.05) is 18.2 Å². The van der Waals surface area contributed by atoms with E-state index in [1.54, 1.807) is 36.3 Å². The van der Waals surface area contributed by atoms with E-state index < -0.39 is 0 Å². The van der Waals surface area contributed by atoms with Crippen LogP contribution in [0.2, 0.25) is 0 Å². The van der Waals surface area contributed by atoms with Crippen LogP contribution in [0.4, 0.5) is 4.39 Å². The van der Waals surface area contributed by atoms with E-state index in [9.17, 15) is 14.0 Å². The molecule has 1 atom stereocenters. The van der Waals surface area contributed by atoms with Gasteiger partial charge in [0.15, 0.2) is 0 Å². The topological polar surface area (TPSA) is 69.3 Å². The number of amides is 2. The lowest BCUT2D eigenvalue weighted by Gasteiger charge is -2.27. The number of hydrogen-bond donors (Lipinski definition) is 1. The highest BCUT2D eigenvalue weighted by Gasteiger charge is 2.27. The molecule has 0 spiro atoms. The second kappa shape index (κ2) is 8.33. The van der Waals surface area contributed by atoms with Crippen LogP contribution in [0.15, 0.2) is 30.5 Å². The Balaban J connectivity index is 1.60. The van der Waals surface area contributed by atoms with E-state index >= 15 is 0 Å². The van der Waals surface area contributed by atoms with Crippen LogP contribution in [0.1, 0.15) is 40.9 Å². The highest BCUT2D eigenvalue weighted by molar-refractivity contribution is 5.95. The number of halogens is 1. The van der Waals surface area contributed by atoms with Gasteiger partial charge in [0.05, 0.1) is 18.2 Å². The first-order valence-electron chi connectivity index (χ1n) is 9.25. The average Bonchev–Trinajstić information content (AvgIpc) is 2.94. The van der Waals surface area contributed by atoms with E-state index in [1.807, 2.05) is 11.8 Å². The van der Waals surface area contributed by atoms with Crippen LogP contribution in [0, 0.1) is 12.7 Å². The number of aromatic nitrogens is 2. The zero-order valence-electron chi connectivity index (χ0n) is 15.7. The first kappa shape index (κ1) is 19.1. The van der Waals surface area contributed by atoms with E-state index in [4.69, 9.17) is 0 Å². The van der Waals surface area contributed by atoms with Crippen LogP contribution >= 0.6 is 0 Å². The fourth-order valence-corrected chi connectivity index (χ4v) is 3.54. The molecule has 0 radical (unpaired) electrons. The van der Waals surface area contributed by atoms with Crippen LogP contribution in [0.5, 0.6) is 0 Å². The van der Waals surface area contributed by atoms with Crippen LogP contribution < -0.4 is 0 Å². The quantitative estimate of drug-likeness (QED) is 0.897. The van der Waals surface area contributed by atoms with Crippen molar-refractivity contribution in [1.82, 2.24) is 20.0 Å². The fourth-order valence-electron chi connectivity index (χ4n) is 3.54. The highest BCUT2D eigenvalue weighted by Crippen LogP contribution is 2.19. The Labute approximate surface area is 158 Å². The fraction of sp³-hybridized carbons (Fsp3) is 0.450. The van der Waals surface area contributed by atoms with Gasteiger partial charge in [0, 0.05) is 31.9 Å². The number of benzene rings is 1. The summed E-state index contributed by atoms with van der Waals surface area (Å²) in [7, 11) is 1.77. The van der Waals surface area contributed by atoms with E-state index in [0.29, 0.717) is 30.6 Å². The number of likely N-dealkylation sites (N-methyl/N-ethyl adjacent to an activating group) is 1. The lowest BCUT2D eigenvalue weighted by molar-refractivity contribution is -0.131. The number of nitrogens with one attached hydrogen (secondary N) is 1. The molecule has 0 unspecified atom stereocenters. The number of aromatic amines is 1. The van der Waals surface area contributed by atoms with Crippen molar-refractivity contribution in [3.8, 4) is 0 Å². The van der Waals surface area contributed by atoms with Gasteiger partial charge in [-0.3, -0.25) is 14.7 Å². The van der Waals surface area contributed by atoms with Crippen molar-refractivity contribution in [1.29, 1.82) is 0 Å². The summed E-state index contributed by atoms with van der Waals surface area (Å²) in [5, 5.41) is 6.71. The summed E-state index contributed by atoms with van der Waals surface area (Å²) in [6.45, 7) is 3.08. The largest absolute Gasteiger partial charge is 0.342 e. The van der Waals surface area contributed by atoms with Gasteiger partial charge in [-0.2, -0.15) is 5.10 Å². The molecule has 27 heavy (non-hydrogen) atoms. The maximum atomic E-state index is 13.8. The second-order valence-electron chi connectivity index (χ2n) is 7.06. The molecule has 3 rings (SSSR count). The van der Waals surface area contributed by atoms with Gasteiger partial charge in [0.2, 0.25) is 5.91 Å². The van der Waals surface area contributed by atoms with Crippen LogP contribution in [-0.2, 0) is 11.2 Å². The second-order valence-corrected chi connectivity index (χ2v) is 7.06. The molecule has 1 fully saturated rings. The molecule has 6 nitrogen and oxygen atoms in total.